The Morgan fingerprint density at radius 1 is 1.19 bits per heavy atom. The number of nitrogens with one attached hydrogen (secondary N) is 2. The lowest BCUT2D eigenvalue weighted by Gasteiger charge is -2.11. The number of guanidine groups is 1. The number of unbranched alkanes of at least 4 members (excludes halogenated alkanes) is 1. The number of imidazole rings is 1. The molecule has 0 fully saturated rings. The van der Waals surface area contributed by atoms with Gasteiger partial charge in [-0.25, -0.2) is 9.37 Å². The van der Waals surface area contributed by atoms with E-state index < -0.39 is 0 Å². The minimum Gasteiger partial charge on any atom is -0.357 e. The van der Waals surface area contributed by atoms with Crippen LogP contribution >= 0.6 is 24.0 Å². The summed E-state index contributed by atoms with van der Waals surface area (Å²) in [7, 11) is 0. The van der Waals surface area contributed by atoms with E-state index in [1.807, 2.05) is 31.5 Å². The van der Waals surface area contributed by atoms with Crippen LogP contribution in [0.3, 0.4) is 0 Å². The molecular formula is C19H29FIN5. The lowest BCUT2D eigenvalue weighted by Crippen LogP contribution is -2.38. The van der Waals surface area contributed by atoms with Crippen molar-refractivity contribution in [2.75, 3.05) is 19.6 Å². The second-order valence-corrected chi connectivity index (χ2v) is 5.94. The zero-order chi connectivity index (χ0) is 17.9. The Bertz CT molecular complexity index is 654. The molecule has 0 radical (unpaired) electrons. The molecule has 1 aromatic carbocycles. The van der Waals surface area contributed by atoms with E-state index >= 15 is 0 Å². The van der Waals surface area contributed by atoms with E-state index in [0.29, 0.717) is 0 Å². The monoisotopic (exact) mass is 473 g/mol. The van der Waals surface area contributed by atoms with Gasteiger partial charge in [-0.05, 0) is 50.8 Å². The maximum absolute atomic E-state index is 12.9. The van der Waals surface area contributed by atoms with Crippen molar-refractivity contribution in [3.63, 3.8) is 0 Å². The van der Waals surface area contributed by atoms with E-state index in [1.54, 1.807) is 0 Å². The lowest BCUT2D eigenvalue weighted by atomic mass is 10.1. The predicted molar refractivity (Wildman–Crippen MR) is 116 cm³/mol. The number of aryl methyl sites for hydroxylation is 2. The van der Waals surface area contributed by atoms with Crippen molar-refractivity contribution < 1.29 is 4.39 Å². The minimum atomic E-state index is -0.197. The molecule has 2 N–H and O–H groups in total. The zero-order valence-corrected chi connectivity index (χ0v) is 17.9. The van der Waals surface area contributed by atoms with Crippen molar-refractivity contribution in [3.05, 3.63) is 53.9 Å². The number of hydrogen-bond donors (Lipinski definition) is 2. The van der Waals surface area contributed by atoms with Gasteiger partial charge in [-0.2, -0.15) is 0 Å². The molecule has 144 valence electrons. The van der Waals surface area contributed by atoms with Gasteiger partial charge in [0.25, 0.3) is 0 Å². The van der Waals surface area contributed by atoms with Crippen molar-refractivity contribution in [1.82, 2.24) is 20.2 Å². The predicted octanol–water partition coefficient (Wildman–Crippen LogP) is 3.53. The highest BCUT2D eigenvalue weighted by Crippen LogP contribution is 2.03. The standard InChI is InChI=1S/C19H28FN5.HI/c1-3-21-19(24-12-10-17-6-8-18(20)9-7-17)23-11-4-5-14-25-15-13-22-16(25)2;/h6-9,13,15H,3-5,10-12,14H2,1-2H3,(H2,21,23,24);1H. The van der Waals surface area contributed by atoms with Crippen LogP contribution in [0.5, 0.6) is 0 Å². The number of aliphatic imine (C=N–C) groups is 1. The number of rotatable bonds is 9. The van der Waals surface area contributed by atoms with Crippen LogP contribution in [0.1, 0.15) is 31.2 Å². The summed E-state index contributed by atoms with van der Waals surface area (Å²) in [5, 5.41) is 6.58. The van der Waals surface area contributed by atoms with Gasteiger partial charge >= 0.3 is 0 Å². The van der Waals surface area contributed by atoms with Crippen molar-refractivity contribution in [2.45, 2.75) is 39.7 Å². The summed E-state index contributed by atoms with van der Waals surface area (Å²) in [6, 6.07) is 6.63. The molecule has 0 bridgehead atoms. The summed E-state index contributed by atoms with van der Waals surface area (Å²) in [4.78, 5) is 8.84. The van der Waals surface area contributed by atoms with Gasteiger partial charge in [0.1, 0.15) is 11.6 Å². The number of nitrogens with zero attached hydrogens (tertiary/aromatic N) is 3. The maximum Gasteiger partial charge on any atom is 0.191 e. The van der Waals surface area contributed by atoms with Crippen molar-refractivity contribution in [1.29, 1.82) is 0 Å². The first-order valence-corrected chi connectivity index (χ1v) is 8.93. The first-order chi connectivity index (χ1) is 12.2. The lowest BCUT2D eigenvalue weighted by molar-refractivity contribution is 0.600. The highest BCUT2D eigenvalue weighted by atomic mass is 127. The highest BCUT2D eigenvalue weighted by Gasteiger charge is 1.99. The molecule has 2 aromatic rings. The van der Waals surface area contributed by atoms with Gasteiger partial charge in [-0.3, -0.25) is 4.99 Å². The number of aromatic nitrogens is 2. The molecule has 0 aliphatic heterocycles. The van der Waals surface area contributed by atoms with E-state index in [4.69, 9.17) is 0 Å². The van der Waals surface area contributed by atoms with Gasteiger partial charge in [0.05, 0.1) is 0 Å². The van der Waals surface area contributed by atoms with E-state index in [9.17, 15) is 4.39 Å². The average Bonchev–Trinajstić information content (AvgIpc) is 3.01. The number of hydrogen-bond acceptors (Lipinski definition) is 2. The molecule has 0 aliphatic rings. The van der Waals surface area contributed by atoms with Gasteiger partial charge in [0, 0.05) is 38.6 Å². The molecule has 0 saturated heterocycles. The van der Waals surface area contributed by atoms with Crippen LogP contribution in [-0.2, 0) is 13.0 Å². The molecule has 1 aromatic heterocycles. The van der Waals surface area contributed by atoms with E-state index in [1.165, 1.54) is 12.1 Å². The van der Waals surface area contributed by atoms with Crippen LogP contribution in [0.4, 0.5) is 4.39 Å². The Kier molecular flexibility index (Phi) is 10.9. The van der Waals surface area contributed by atoms with Crippen LogP contribution in [0.25, 0.3) is 0 Å². The molecule has 2 rings (SSSR count). The molecule has 0 aliphatic carbocycles. The molecule has 1 heterocycles. The molecule has 26 heavy (non-hydrogen) atoms. The van der Waals surface area contributed by atoms with Crippen LogP contribution in [-0.4, -0.2) is 35.1 Å². The zero-order valence-electron chi connectivity index (χ0n) is 15.5. The van der Waals surface area contributed by atoms with Gasteiger partial charge in [-0.1, -0.05) is 12.1 Å². The van der Waals surface area contributed by atoms with Crippen molar-refractivity contribution >= 4 is 29.9 Å². The molecule has 0 atom stereocenters. The Morgan fingerprint density at radius 3 is 2.62 bits per heavy atom. The van der Waals surface area contributed by atoms with E-state index in [2.05, 4.69) is 32.1 Å². The Labute approximate surface area is 172 Å². The molecule has 7 heteroatoms. The highest BCUT2D eigenvalue weighted by molar-refractivity contribution is 14.0. The first kappa shape index (κ1) is 22.4. The molecular weight excluding hydrogens is 444 g/mol. The van der Waals surface area contributed by atoms with Crippen LogP contribution < -0.4 is 10.6 Å². The third-order valence-electron chi connectivity index (χ3n) is 3.96. The summed E-state index contributed by atoms with van der Waals surface area (Å²) >= 11 is 0. The fourth-order valence-corrected chi connectivity index (χ4v) is 2.54. The summed E-state index contributed by atoms with van der Waals surface area (Å²) in [5.74, 6) is 1.69. The van der Waals surface area contributed by atoms with Crippen molar-refractivity contribution in [2.24, 2.45) is 4.99 Å². The smallest absolute Gasteiger partial charge is 0.191 e. The molecule has 0 unspecified atom stereocenters. The third kappa shape index (κ3) is 8.16. The van der Waals surface area contributed by atoms with Crippen LogP contribution in [0.2, 0.25) is 0 Å². The maximum atomic E-state index is 12.9. The van der Waals surface area contributed by atoms with E-state index in [0.717, 1.165) is 62.8 Å². The summed E-state index contributed by atoms with van der Waals surface area (Å²) in [5.41, 5.74) is 1.11. The summed E-state index contributed by atoms with van der Waals surface area (Å²) < 4.78 is 15.1. The summed E-state index contributed by atoms with van der Waals surface area (Å²) in [6.45, 7) is 7.45. The minimum absolute atomic E-state index is 0. The second kappa shape index (κ2) is 12.7. The van der Waals surface area contributed by atoms with Gasteiger partial charge in [0.15, 0.2) is 5.96 Å². The van der Waals surface area contributed by atoms with E-state index in [-0.39, 0.29) is 29.8 Å². The SMILES string of the molecule is CCNC(=NCCCCn1ccnc1C)NCCc1ccc(F)cc1.I. The Balaban J connectivity index is 0.00000338. The first-order valence-electron chi connectivity index (χ1n) is 8.93. The second-order valence-electron chi connectivity index (χ2n) is 5.94. The largest absolute Gasteiger partial charge is 0.357 e. The summed E-state index contributed by atoms with van der Waals surface area (Å²) in [6.07, 6.45) is 6.80. The number of benzene rings is 1. The third-order valence-corrected chi connectivity index (χ3v) is 3.96. The van der Waals surface area contributed by atoms with Gasteiger partial charge in [-0.15, -0.1) is 24.0 Å². The Morgan fingerprint density at radius 2 is 1.96 bits per heavy atom. The fourth-order valence-electron chi connectivity index (χ4n) is 2.54. The topological polar surface area (TPSA) is 54.2 Å². The number of halogens is 2. The van der Waals surface area contributed by atoms with Crippen molar-refractivity contribution in [3.8, 4) is 0 Å². The molecule has 0 spiro atoms. The van der Waals surface area contributed by atoms with Gasteiger partial charge < -0.3 is 15.2 Å². The molecule has 0 saturated carbocycles. The van der Waals surface area contributed by atoms with Crippen LogP contribution in [0, 0.1) is 12.7 Å². The fraction of sp³-hybridized carbons (Fsp3) is 0.474. The normalized spacial score (nSPS) is 11.1. The average molecular weight is 473 g/mol. The van der Waals surface area contributed by atoms with Crippen LogP contribution in [0.15, 0.2) is 41.7 Å². The molecule has 5 nitrogen and oxygen atoms in total. The molecule has 0 amide bonds. The quantitative estimate of drug-likeness (QED) is 0.254. The van der Waals surface area contributed by atoms with Gasteiger partial charge in [0.2, 0.25) is 0 Å². The Hall–Kier alpha value is -1.64.